The Morgan fingerprint density at radius 2 is 1.53 bits per heavy atom. The number of carbonyl (C=O) groups is 1. The first kappa shape index (κ1) is 23.4. The number of carbonyl (C=O) groups excluding carboxylic acids is 1. The van der Waals surface area contributed by atoms with E-state index in [1.807, 2.05) is 5.32 Å². The molecule has 5 nitrogen and oxygen atoms in total. The van der Waals surface area contributed by atoms with E-state index in [4.69, 9.17) is 0 Å². The van der Waals surface area contributed by atoms with E-state index in [1.165, 1.54) is 30.3 Å². The molecule has 1 amide bonds. The maximum absolute atomic E-state index is 14.2. The van der Waals surface area contributed by atoms with Crippen molar-refractivity contribution < 1.29 is 30.8 Å². The molecule has 0 unspecified atom stereocenters. The lowest BCUT2D eigenvalue weighted by atomic mass is 10.2. The Morgan fingerprint density at radius 3 is 2.19 bits per heavy atom. The summed E-state index contributed by atoms with van der Waals surface area (Å²) in [6.45, 7) is 0.441. The van der Waals surface area contributed by atoms with Gasteiger partial charge in [-0.3, -0.25) is 4.79 Å². The number of hydrogen-bond acceptors (Lipinski definition) is 3. The van der Waals surface area contributed by atoms with Crippen LogP contribution in [0.3, 0.4) is 0 Å². The summed E-state index contributed by atoms with van der Waals surface area (Å²) >= 11 is 0. The number of sulfonamides is 1. The molecular formula is C22H18F4N2O3S. The fourth-order valence-corrected chi connectivity index (χ4v) is 4.25. The molecule has 1 N–H and O–H groups in total. The zero-order valence-electron chi connectivity index (χ0n) is 16.8. The SMILES string of the molecule is Cc1ccc(S(=O)(=O)N(CC(=O)Nc2ccc(F)c(F)c2F)Cc2ccccc2F)cc1. The molecule has 0 radical (unpaired) electrons. The standard InChI is InChI=1S/C22H18F4N2O3S/c1-14-6-8-16(9-7-14)32(30,31)28(12-15-4-2-3-5-17(15)23)13-20(29)27-19-11-10-18(24)21(25)22(19)26/h2-11H,12-13H2,1H3,(H,27,29). The summed E-state index contributed by atoms with van der Waals surface area (Å²) in [6, 6.07) is 12.7. The van der Waals surface area contributed by atoms with Crippen LogP contribution in [0.25, 0.3) is 0 Å². The second kappa shape index (κ2) is 9.49. The van der Waals surface area contributed by atoms with Crippen LogP contribution < -0.4 is 5.32 Å². The molecule has 0 heterocycles. The van der Waals surface area contributed by atoms with Gasteiger partial charge in [-0.25, -0.2) is 26.0 Å². The average molecular weight is 466 g/mol. The molecule has 10 heteroatoms. The number of amides is 1. The van der Waals surface area contributed by atoms with Crippen molar-refractivity contribution in [1.82, 2.24) is 4.31 Å². The van der Waals surface area contributed by atoms with Crippen molar-refractivity contribution in [3.8, 4) is 0 Å². The van der Waals surface area contributed by atoms with Gasteiger partial charge in [0.2, 0.25) is 15.9 Å². The fourth-order valence-electron chi connectivity index (χ4n) is 2.87. The minimum absolute atomic E-state index is 0.00925. The van der Waals surface area contributed by atoms with Crippen LogP contribution in [0, 0.1) is 30.2 Å². The average Bonchev–Trinajstić information content (AvgIpc) is 2.75. The summed E-state index contributed by atoms with van der Waals surface area (Å²) < 4.78 is 81.6. The predicted octanol–water partition coefficient (Wildman–Crippen LogP) is 4.38. The van der Waals surface area contributed by atoms with E-state index < -0.39 is 58.0 Å². The van der Waals surface area contributed by atoms with Crippen LogP contribution >= 0.6 is 0 Å². The maximum atomic E-state index is 14.2. The van der Waals surface area contributed by atoms with Crippen molar-refractivity contribution in [3.63, 3.8) is 0 Å². The molecule has 168 valence electrons. The molecule has 32 heavy (non-hydrogen) atoms. The first-order chi connectivity index (χ1) is 15.1. The summed E-state index contributed by atoms with van der Waals surface area (Å²) in [7, 11) is -4.27. The second-order valence-corrected chi connectivity index (χ2v) is 8.89. The van der Waals surface area contributed by atoms with Crippen molar-refractivity contribution in [3.05, 3.63) is 95.1 Å². The van der Waals surface area contributed by atoms with Gasteiger partial charge in [0.15, 0.2) is 17.5 Å². The van der Waals surface area contributed by atoms with E-state index in [1.54, 1.807) is 19.1 Å². The van der Waals surface area contributed by atoms with Gasteiger partial charge in [-0.2, -0.15) is 4.31 Å². The number of halogens is 4. The molecule has 0 saturated heterocycles. The molecule has 0 aromatic heterocycles. The van der Waals surface area contributed by atoms with Crippen LogP contribution in [0.1, 0.15) is 11.1 Å². The highest BCUT2D eigenvalue weighted by Crippen LogP contribution is 2.22. The summed E-state index contributed by atoms with van der Waals surface area (Å²) in [6.07, 6.45) is 0. The Bertz CT molecular complexity index is 1250. The molecule has 0 fully saturated rings. The van der Waals surface area contributed by atoms with Crippen molar-refractivity contribution in [2.45, 2.75) is 18.4 Å². The van der Waals surface area contributed by atoms with Gasteiger partial charge in [0, 0.05) is 12.1 Å². The number of aryl methyl sites for hydroxylation is 1. The number of benzene rings is 3. The van der Waals surface area contributed by atoms with Crippen molar-refractivity contribution in [2.75, 3.05) is 11.9 Å². The van der Waals surface area contributed by atoms with E-state index in [2.05, 4.69) is 0 Å². The van der Waals surface area contributed by atoms with E-state index >= 15 is 0 Å². The monoisotopic (exact) mass is 466 g/mol. The van der Waals surface area contributed by atoms with Crippen LogP contribution in [0.5, 0.6) is 0 Å². The van der Waals surface area contributed by atoms with Crippen molar-refractivity contribution >= 4 is 21.6 Å². The predicted molar refractivity (Wildman–Crippen MR) is 110 cm³/mol. The Morgan fingerprint density at radius 1 is 0.875 bits per heavy atom. The van der Waals surface area contributed by atoms with Gasteiger partial charge in [0.25, 0.3) is 0 Å². The molecule has 0 bridgehead atoms. The summed E-state index contributed by atoms with van der Waals surface area (Å²) in [4.78, 5) is 12.4. The Balaban J connectivity index is 1.92. The topological polar surface area (TPSA) is 66.5 Å². The number of hydrogen-bond donors (Lipinski definition) is 1. The van der Waals surface area contributed by atoms with E-state index in [0.717, 1.165) is 17.7 Å². The van der Waals surface area contributed by atoms with Crippen LogP contribution in [0.4, 0.5) is 23.2 Å². The minimum Gasteiger partial charge on any atom is -0.322 e. The molecule has 0 aliphatic heterocycles. The first-order valence-electron chi connectivity index (χ1n) is 9.33. The minimum atomic E-state index is -4.27. The van der Waals surface area contributed by atoms with E-state index in [9.17, 15) is 30.8 Å². The number of rotatable bonds is 7. The van der Waals surface area contributed by atoms with Gasteiger partial charge in [-0.1, -0.05) is 35.9 Å². The zero-order chi connectivity index (χ0) is 23.5. The van der Waals surface area contributed by atoms with Gasteiger partial charge < -0.3 is 5.32 Å². The van der Waals surface area contributed by atoms with Gasteiger partial charge in [-0.05, 0) is 37.3 Å². The Kier molecular flexibility index (Phi) is 6.95. The van der Waals surface area contributed by atoms with Crippen molar-refractivity contribution in [1.29, 1.82) is 0 Å². The molecule has 0 aliphatic rings. The van der Waals surface area contributed by atoms with Crippen molar-refractivity contribution in [2.24, 2.45) is 0 Å². The number of anilines is 1. The third-order valence-corrected chi connectivity index (χ3v) is 6.40. The number of nitrogens with one attached hydrogen (secondary N) is 1. The van der Waals surface area contributed by atoms with Crippen LogP contribution in [-0.2, 0) is 21.4 Å². The van der Waals surface area contributed by atoms with Crippen LogP contribution in [0.15, 0.2) is 65.6 Å². The fraction of sp³-hybridized carbons (Fsp3) is 0.136. The molecule has 3 rings (SSSR count). The highest BCUT2D eigenvalue weighted by atomic mass is 32.2. The molecule has 3 aromatic rings. The van der Waals surface area contributed by atoms with Crippen LogP contribution in [0.2, 0.25) is 0 Å². The highest BCUT2D eigenvalue weighted by molar-refractivity contribution is 7.89. The van der Waals surface area contributed by atoms with E-state index in [0.29, 0.717) is 10.4 Å². The molecule has 0 atom stereocenters. The lowest BCUT2D eigenvalue weighted by Gasteiger charge is -2.22. The molecule has 0 saturated carbocycles. The summed E-state index contributed by atoms with van der Waals surface area (Å²) in [5.74, 6) is -6.55. The summed E-state index contributed by atoms with van der Waals surface area (Å²) in [5.41, 5.74) is 0.152. The van der Waals surface area contributed by atoms with Gasteiger partial charge in [-0.15, -0.1) is 0 Å². The van der Waals surface area contributed by atoms with Gasteiger partial charge in [0.1, 0.15) is 5.82 Å². The number of nitrogens with zero attached hydrogens (tertiary/aromatic N) is 1. The van der Waals surface area contributed by atoms with Crippen LogP contribution in [-0.4, -0.2) is 25.2 Å². The first-order valence-corrected chi connectivity index (χ1v) is 10.8. The lowest BCUT2D eigenvalue weighted by molar-refractivity contribution is -0.116. The van der Waals surface area contributed by atoms with Gasteiger partial charge in [0.05, 0.1) is 17.1 Å². The second-order valence-electron chi connectivity index (χ2n) is 6.95. The molecule has 0 aliphatic carbocycles. The molecule has 3 aromatic carbocycles. The Labute approximate surface area is 182 Å². The largest absolute Gasteiger partial charge is 0.322 e. The lowest BCUT2D eigenvalue weighted by Crippen LogP contribution is -2.38. The normalized spacial score (nSPS) is 11.6. The summed E-state index contributed by atoms with van der Waals surface area (Å²) in [5, 5.41) is 2.02. The quantitative estimate of drug-likeness (QED) is 0.415. The zero-order valence-corrected chi connectivity index (χ0v) is 17.6. The molecular weight excluding hydrogens is 448 g/mol. The smallest absolute Gasteiger partial charge is 0.243 e. The molecule has 0 spiro atoms. The third-order valence-electron chi connectivity index (χ3n) is 4.59. The maximum Gasteiger partial charge on any atom is 0.243 e. The highest BCUT2D eigenvalue weighted by Gasteiger charge is 2.28. The third kappa shape index (κ3) is 5.14. The van der Waals surface area contributed by atoms with Gasteiger partial charge >= 0.3 is 0 Å². The van der Waals surface area contributed by atoms with E-state index in [-0.39, 0.29) is 10.5 Å². The Hall–Kier alpha value is -3.24.